The molecule has 0 unspecified atom stereocenters. The SMILES string of the molecule is CCc1ccc(Cl)c(S(=O)(=O)Nc2cc(F)c(-c3nn(C(C)C)c4c(C5CCC(NC(=O)OC(C)(C)C)CC5)cnc(N(C(=O)OC(C)(C)C)C(=O)OC(C)(C)C)c34)cc2F)c1. The van der Waals surface area contributed by atoms with Crippen molar-refractivity contribution in [3.05, 3.63) is 64.3 Å². The van der Waals surface area contributed by atoms with Crippen LogP contribution in [0.4, 0.5) is 34.7 Å². The molecule has 1 saturated carbocycles. The van der Waals surface area contributed by atoms with Crippen molar-refractivity contribution in [3.8, 4) is 11.3 Å². The fourth-order valence-corrected chi connectivity index (χ4v) is 8.68. The van der Waals surface area contributed by atoms with Crippen LogP contribution in [0.1, 0.15) is 132 Å². The molecule has 4 aromatic rings. The van der Waals surface area contributed by atoms with Crippen LogP contribution in [0.15, 0.2) is 41.4 Å². The summed E-state index contributed by atoms with van der Waals surface area (Å²) in [6.07, 6.45) is 1.50. The van der Waals surface area contributed by atoms with Crippen LogP contribution in [0.3, 0.4) is 0 Å². The molecule has 18 heteroatoms. The van der Waals surface area contributed by atoms with Gasteiger partial charge in [-0.05, 0) is 144 Å². The number of ether oxygens (including phenoxy) is 3. The first-order chi connectivity index (χ1) is 28.6. The monoisotopic (exact) mass is 902 g/mol. The highest BCUT2D eigenvalue weighted by Crippen LogP contribution is 2.44. The van der Waals surface area contributed by atoms with E-state index in [0.717, 1.165) is 6.07 Å². The molecule has 0 spiro atoms. The molecule has 338 valence electrons. The van der Waals surface area contributed by atoms with Gasteiger partial charge in [-0.15, -0.1) is 0 Å². The summed E-state index contributed by atoms with van der Waals surface area (Å²) in [5.41, 5.74) is -2.47. The van der Waals surface area contributed by atoms with Crippen molar-refractivity contribution in [2.24, 2.45) is 0 Å². The number of halogens is 3. The number of hydrogen-bond donors (Lipinski definition) is 2. The first kappa shape index (κ1) is 48.0. The van der Waals surface area contributed by atoms with Gasteiger partial charge in [0.1, 0.15) is 39.0 Å². The molecule has 0 aliphatic heterocycles. The Morgan fingerprint density at radius 1 is 0.887 bits per heavy atom. The van der Waals surface area contributed by atoms with E-state index in [1.54, 1.807) is 73.1 Å². The molecule has 1 aliphatic rings. The van der Waals surface area contributed by atoms with Gasteiger partial charge in [-0.2, -0.15) is 10.00 Å². The molecule has 0 atom stereocenters. The maximum Gasteiger partial charge on any atom is 0.425 e. The van der Waals surface area contributed by atoms with Crippen molar-refractivity contribution in [2.45, 2.75) is 155 Å². The smallest absolute Gasteiger partial charge is 0.425 e. The second-order valence-electron chi connectivity index (χ2n) is 18.7. The number of sulfonamides is 1. The number of pyridine rings is 1. The van der Waals surface area contributed by atoms with Crippen molar-refractivity contribution in [1.82, 2.24) is 20.1 Å². The van der Waals surface area contributed by atoms with Gasteiger partial charge >= 0.3 is 18.3 Å². The highest BCUT2D eigenvalue weighted by molar-refractivity contribution is 7.92. The summed E-state index contributed by atoms with van der Waals surface area (Å²) in [6, 6.07) is 5.32. The van der Waals surface area contributed by atoms with Gasteiger partial charge in [0.15, 0.2) is 5.82 Å². The van der Waals surface area contributed by atoms with Crippen LogP contribution in [-0.4, -0.2) is 64.3 Å². The van der Waals surface area contributed by atoms with Crippen molar-refractivity contribution in [3.63, 3.8) is 0 Å². The van der Waals surface area contributed by atoms with E-state index >= 15 is 8.78 Å². The molecule has 0 bridgehead atoms. The van der Waals surface area contributed by atoms with Crippen molar-refractivity contribution in [2.75, 3.05) is 9.62 Å². The summed E-state index contributed by atoms with van der Waals surface area (Å²) >= 11 is 6.24. The predicted molar refractivity (Wildman–Crippen MR) is 234 cm³/mol. The number of nitrogens with zero attached hydrogens (tertiary/aromatic N) is 4. The molecule has 2 aromatic heterocycles. The Hall–Kier alpha value is -5.03. The molecular weight excluding hydrogens is 846 g/mol. The number of carbonyl (C=O) groups excluding carboxylic acids is 3. The summed E-state index contributed by atoms with van der Waals surface area (Å²) in [5.74, 6) is -2.74. The van der Waals surface area contributed by atoms with Gasteiger partial charge in [-0.3, -0.25) is 9.40 Å². The van der Waals surface area contributed by atoms with E-state index in [4.69, 9.17) is 30.9 Å². The van der Waals surface area contributed by atoms with Gasteiger partial charge < -0.3 is 19.5 Å². The van der Waals surface area contributed by atoms with Gasteiger partial charge in [-0.25, -0.2) is 36.6 Å². The van der Waals surface area contributed by atoms with Crippen molar-refractivity contribution < 1.29 is 45.8 Å². The third-order valence-electron chi connectivity index (χ3n) is 9.72. The van der Waals surface area contributed by atoms with Crippen LogP contribution >= 0.6 is 11.6 Å². The van der Waals surface area contributed by atoms with Crippen molar-refractivity contribution in [1.29, 1.82) is 0 Å². The van der Waals surface area contributed by atoms with Crippen LogP contribution in [0.25, 0.3) is 22.2 Å². The minimum absolute atomic E-state index is 0.0108. The van der Waals surface area contributed by atoms with Gasteiger partial charge in [0.05, 0.1) is 21.6 Å². The van der Waals surface area contributed by atoms with Gasteiger partial charge in [0.2, 0.25) is 0 Å². The average Bonchev–Trinajstić information content (AvgIpc) is 3.52. The van der Waals surface area contributed by atoms with E-state index < -0.39 is 74.0 Å². The third kappa shape index (κ3) is 11.3. The molecule has 0 saturated heterocycles. The summed E-state index contributed by atoms with van der Waals surface area (Å²) < 4.78 is 80.5. The summed E-state index contributed by atoms with van der Waals surface area (Å²) in [4.78, 5) is 45.8. The van der Waals surface area contributed by atoms with Crippen LogP contribution in [-0.2, 0) is 30.7 Å². The number of alkyl carbamates (subject to hydrolysis) is 1. The fourth-order valence-electron chi connectivity index (χ4n) is 7.08. The lowest BCUT2D eigenvalue weighted by atomic mass is 9.81. The lowest BCUT2D eigenvalue weighted by Gasteiger charge is -2.31. The Morgan fingerprint density at radius 3 is 2.00 bits per heavy atom. The Balaban J connectivity index is 1.72. The number of amides is 3. The summed E-state index contributed by atoms with van der Waals surface area (Å²) in [7, 11) is -4.50. The molecule has 62 heavy (non-hydrogen) atoms. The average molecular weight is 903 g/mol. The first-order valence-corrected chi connectivity index (χ1v) is 22.4. The number of imide groups is 1. The number of anilines is 2. The Morgan fingerprint density at radius 2 is 1.47 bits per heavy atom. The molecule has 0 radical (unpaired) electrons. The molecule has 2 aromatic carbocycles. The van der Waals surface area contributed by atoms with E-state index in [9.17, 15) is 22.8 Å². The number of hydrogen-bond acceptors (Lipinski definition) is 10. The lowest BCUT2D eigenvalue weighted by molar-refractivity contribution is 0.0425. The number of fused-ring (bicyclic) bond motifs is 1. The number of benzene rings is 2. The highest BCUT2D eigenvalue weighted by Gasteiger charge is 2.39. The normalized spacial score (nSPS) is 16.3. The minimum Gasteiger partial charge on any atom is -0.444 e. The van der Waals surface area contributed by atoms with Crippen molar-refractivity contribution >= 4 is 62.3 Å². The third-order valence-corrected chi connectivity index (χ3v) is 11.6. The van der Waals surface area contributed by atoms with Crippen LogP contribution in [0, 0.1) is 11.6 Å². The zero-order valence-corrected chi connectivity index (χ0v) is 38.9. The first-order valence-electron chi connectivity index (χ1n) is 20.6. The Kier molecular flexibility index (Phi) is 13.9. The molecule has 5 rings (SSSR count). The highest BCUT2D eigenvalue weighted by atomic mass is 35.5. The second-order valence-corrected chi connectivity index (χ2v) is 20.7. The quantitative estimate of drug-likeness (QED) is 0.154. The van der Waals surface area contributed by atoms with Gasteiger partial charge in [-0.1, -0.05) is 24.6 Å². The van der Waals surface area contributed by atoms with E-state index in [1.165, 1.54) is 18.3 Å². The maximum atomic E-state index is 16.7. The number of aromatic nitrogens is 3. The zero-order valence-electron chi connectivity index (χ0n) is 37.3. The van der Waals surface area contributed by atoms with E-state index in [2.05, 4.69) is 15.0 Å². The molecule has 14 nitrogen and oxygen atoms in total. The number of rotatable bonds is 9. The zero-order chi connectivity index (χ0) is 46.3. The summed E-state index contributed by atoms with van der Waals surface area (Å²) in [5, 5.41) is 7.65. The molecule has 2 heterocycles. The Labute approximate surface area is 367 Å². The number of carbonyl (C=O) groups is 3. The topological polar surface area (TPSA) is 171 Å². The largest absolute Gasteiger partial charge is 0.444 e. The van der Waals surface area contributed by atoms with Crippen LogP contribution in [0.5, 0.6) is 0 Å². The fraction of sp³-hybridized carbons (Fsp3) is 0.523. The molecule has 1 aliphatic carbocycles. The summed E-state index contributed by atoms with van der Waals surface area (Å²) in [6.45, 7) is 20.5. The predicted octanol–water partition coefficient (Wildman–Crippen LogP) is 11.2. The van der Waals surface area contributed by atoms with Gasteiger partial charge in [0, 0.05) is 29.9 Å². The lowest BCUT2D eigenvalue weighted by Crippen LogP contribution is -2.44. The molecule has 1 fully saturated rings. The molecule has 2 N–H and O–H groups in total. The second kappa shape index (κ2) is 18.0. The number of nitrogens with one attached hydrogen (secondary N) is 2. The number of aryl methyl sites for hydroxylation is 1. The van der Waals surface area contributed by atoms with Crippen LogP contribution in [0.2, 0.25) is 5.02 Å². The van der Waals surface area contributed by atoms with E-state index in [-0.39, 0.29) is 38.8 Å². The van der Waals surface area contributed by atoms with E-state index in [1.807, 2.05) is 20.8 Å². The van der Waals surface area contributed by atoms with E-state index in [0.29, 0.717) is 59.7 Å². The minimum atomic E-state index is -4.50. The van der Waals surface area contributed by atoms with Gasteiger partial charge in [0.25, 0.3) is 10.0 Å². The standard InChI is InChI=1S/C44H57ClF2N6O8S/c1-13-25-14-19-30(45)34(20-25)62(57,58)51-33-22-31(46)28(21-32(33)47)36-35-37(53(50-36)24(2)3)29(26-15-17-27(18-16-26)49-39(54)59-42(4,5)6)23-48-38(35)52(40(55)60-43(7,8)9)41(56)61-44(10,11)12/h14,19-24,26-27,51H,13,15-18H2,1-12H3,(H,49,54). The maximum absolute atomic E-state index is 16.7. The molecular formula is C44H57ClF2N6O8S. The van der Waals surface area contributed by atoms with Crippen LogP contribution < -0.4 is 14.9 Å². The molecule has 3 amide bonds. The Bertz CT molecular complexity index is 2440.